The first kappa shape index (κ1) is 27.0. The number of rotatable bonds is 10. The molecule has 2 N–H and O–H groups in total. The number of nitrogens with zero attached hydrogens (tertiary/aromatic N) is 2. The maximum absolute atomic E-state index is 5.72. The standard InChI is InChI=1S/C25H36N4O3.HI/c1-4-31-23-11-8-20(18-24(23)32-5-2)12-13-27-25(26-3)28-19-21-6-9-22(10-7-21)29-14-16-30-17-15-29;/h6-11,18H,4-5,12-17,19H2,1-3H3,(H2,26,27,28);1H. The van der Waals surface area contributed by atoms with E-state index in [4.69, 9.17) is 14.2 Å². The Morgan fingerprint density at radius 3 is 2.27 bits per heavy atom. The summed E-state index contributed by atoms with van der Waals surface area (Å²) in [5.41, 5.74) is 3.66. The van der Waals surface area contributed by atoms with Gasteiger partial charge in [0.15, 0.2) is 17.5 Å². The second kappa shape index (κ2) is 14.8. The third-order valence-corrected chi connectivity index (χ3v) is 5.31. The molecule has 0 aliphatic carbocycles. The molecule has 0 amide bonds. The number of hydrogen-bond acceptors (Lipinski definition) is 5. The molecule has 1 aliphatic heterocycles. The summed E-state index contributed by atoms with van der Waals surface area (Å²) in [7, 11) is 1.79. The van der Waals surface area contributed by atoms with Gasteiger partial charge in [-0.2, -0.15) is 0 Å². The molecule has 0 bridgehead atoms. The van der Waals surface area contributed by atoms with Crippen molar-refractivity contribution in [2.45, 2.75) is 26.8 Å². The molecule has 33 heavy (non-hydrogen) atoms. The van der Waals surface area contributed by atoms with Gasteiger partial charge in [0, 0.05) is 38.9 Å². The van der Waals surface area contributed by atoms with Crippen LogP contribution >= 0.6 is 24.0 Å². The van der Waals surface area contributed by atoms with Gasteiger partial charge in [-0.1, -0.05) is 18.2 Å². The molecule has 1 saturated heterocycles. The average Bonchev–Trinajstić information content (AvgIpc) is 2.84. The average molecular weight is 569 g/mol. The number of halogens is 1. The van der Waals surface area contributed by atoms with Crippen LogP contribution in [0.25, 0.3) is 0 Å². The molecule has 1 fully saturated rings. The highest BCUT2D eigenvalue weighted by Gasteiger charge is 2.11. The maximum Gasteiger partial charge on any atom is 0.191 e. The van der Waals surface area contributed by atoms with Crippen molar-refractivity contribution in [2.24, 2.45) is 4.99 Å². The first-order valence-electron chi connectivity index (χ1n) is 11.5. The number of aliphatic imine (C=N–C) groups is 1. The quantitative estimate of drug-likeness (QED) is 0.258. The lowest BCUT2D eigenvalue weighted by atomic mass is 10.1. The summed E-state index contributed by atoms with van der Waals surface area (Å²) in [5, 5.41) is 6.78. The van der Waals surface area contributed by atoms with Crippen molar-refractivity contribution in [3.63, 3.8) is 0 Å². The lowest BCUT2D eigenvalue weighted by molar-refractivity contribution is 0.122. The molecule has 1 heterocycles. The van der Waals surface area contributed by atoms with E-state index in [1.165, 1.54) is 16.8 Å². The zero-order valence-electron chi connectivity index (χ0n) is 19.9. The van der Waals surface area contributed by atoms with Crippen LogP contribution in [0, 0.1) is 0 Å². The molecule has 1 aliphatic rings. The van der Waals surface area contributed by atoms with Crippen LogP contribution in [0.15, 0.2) is 47.5 Å². The van der Waals surface area contributed by atoms with E-state index in [9.17, 15) is 0 Å². The predicted octanol–water partition coefficient (Wildman–Crippen LogP) is 3.85. The predicted molar refractivity (Wildman–Crippen MR) is 146 cm³/mol. The van der Waals surface area contributed by atoms with E-state index in [0.29, 0.717) is 13.2 Å². The normalized spacial score (nSPS) is 13.8. The van der Waals surface area contributed by atoms with Gasteiger partial charge < -0.3 is 29.7 Å². The summed E-state index contributed by atoms with van der Waals surface area (Å²) >= 11 is 0. The van der Waals surface area contributed by atoms with Crippen LogP contribution < -0.4 is 25.0 Å². The van der Waals surface area contributed by atoms with Gasteiger partial charge in [0.05, 0.1) is 26.4 Å². The van der Waals surface area contributed by atoms with Gasteiger partial charge in [0.1, 0.15) is 0 Å². The Labute approximate surface area is 214 Å². The van der Waals surface area contributed by atoms with Crippen LogP contribution in [-0.4, -0.2) is 59.1 Å². The molecule has 0 saturated carbocycles. The Morgan fingerprint density at radius 1 is 0.939 bits per heavy atom. The minimum Gasteiger partial charge on any atom is -0.490 e. The zero-order valence-corrected chi connectivity index (χ0v) is 22.3. The van der Waals surface area contributed by atoms with Crippen molar-refractivity contribution in [3.05, 3.63) is 53.6 Å². The summed E-state index contributed by atoms with van der Waals surface area (Å²) < 4.78 is 16.8. The number of guanidine groups is 1. The summed E-state index contributed by atoms with van der Waals surface area (Å²) in [6.07, 6.45) is 0.863. The summed E-state index contributed by atoms with van der Waals surface area (Å²) in [6.45, 7) is 10.2. The van der Waals surface area contributed by atoms with E-state index in [0.717, 1.165) is 63.3 Å². The highest BCUT2D eigenvalue weighted by atomic mass is 127. The molecule has 182 valence electrons. The largest absolute Gasteiger partial charge is 0.490 e. The monoisotopic (exact) mass is 568 g/mol. The lowest BCUT2D eigenvalue weighted by Gasteiger charge is -2.28. The fourth-order valence-electron chi connectivity index (χ4n) is 3.63. The molecule has 3 rings (SSSR count). The van der Waals surface area contributed by atoms with Gasteiger partial charge in [0.2, 0.25) is 0 Å². The molecule has 2 aromatic rings. The highest BCUT2D eigenvalue weighted by molar-refractivity contribution is 14.0. The third-order valence-electron chi connectivity index (χ3n) is 5.31. The van der Waals surface area contributed by atoms with Gasteiger partial charge in [0.25, 0.3) is 0 Å². The van der Waals surface area contributed by atoms with E-state index in [1.807, 2.05) is 19.9 Å². The zero-order chi connectivity index (χ0) is 22.6. The Balaban J connectivity index is 0.00000385. The van der Waals surface area contributed by atoms with E-state index in [-0.39, 0.29) is 24.0 Å². The van der Waals surface area contributed by atoms with E-state index in [2.05, 4.69) is 56.9 Å². The van der Waals surface area contributed by atoms with Crippen LogP contribution in [0.2, 0.25) is 0 Å². The number of nitrogens with one attached hydrogen (secondary N) is 2. The van der Waals surface area contributed by atoms with Gasteiger partial charge in [-0.15, -0.1) is 24.0 Å². The maximum atomic E-state index is 5.72. The van der Waals surface area contributed by atoms with Crippen LogP contribution in [0.3, 0.4) is 0 Å². The van der Waals surface area contributed by atoms with Crippen molar-refractivity contribution < 1.29 is 14.2 Å². The minimum absolute atomic E-state index is 0. The Bertz CT molecular complexity index is 855. The Kier molecular flexibility index (Phi) is 12.2. The van der Waals surface area contributed by atoms with Gasteiger partial charge in [-0.3, -0.25) is 4.99 Å². The van der Waals surface area contributed by atoms with Gasteiger partial charge in [-0.05, 0) is 55.7 Å². The number of hydrogen-bond donors (Lipinski definition) is 2. The molecule has 0 unspecified atom stereocenters. The van der Waals surface area contributed by atoms with Crippen LogP contribution in [0.5, 0.6) is 11.5 Å². The van der Waals surface area contributed by atoms with E-state index in [1.54, 1.807) is 7.05 Å². The molecular formula is C25H37IN4O3. The lowest BCUT2D eigenvalue weighted by Crippen LogP contribution is -2.38. The van der Waals surface area contributed by atoms with Crippen LogP contribution in [0.4, 0.5) is 5.69 Å². The van der Waals surface area contributed by atoms with Crippen molar-refractivity contribution >= 4 is 35.6 Å². The Hall–Kier alpha value is -2.20. The minimum atomic E-state index is 0. The number of ether oxygens (including phenoxy) is 3. The van der Waals surface area contributed by atoms with Crippen molar-refractivity contribution in [3.8, 4) is 11.5 Å². The smallest absolute Gasteiger partial charge is 0.191 e. The fraction of sp³-hybridized carbons (Fsp3) is 0.480. The van der Waals surface area contributed by atoms with Crippen molar-refractivity contribution in [1.82, 2.24) is 10.6 Å². The summed E-state index contributed by atoms with van der Waals surface area (Å²) in [6, 6.07) is 14.8. The second-order valence-electron chi connectivity index (χ2n) is 7.52. The van der Waals surface area contributed by atoms with E-state index < -0.39 is 0 Å². The van der Waals surface area contributed by atoms with E-state index >= 15 is 0 Å². The molecule has 0 atom stereocenters. The molecule has 2 aromatic carbocycles. The fourth-order valence-corrected chi connectivity index (χ4v) is 3.63. The number of morpholine rings is 1. The van der Waals surface area contributed by atoms with Crippen molar-refractivity contribution in [1.29, 1.82) is 0 Å². The topological polar surface area (TPSA) is 67.4 Å². The molecule has 8 heteroatoms. The number of anilines is 1. The number of benzene rings is 2. The molecule has 7 nitrogen and oxygen atoms in total. The second-order valence-corrected chi connectivity index (χ2v) is 7.52. The summed E-state index contributed by atoms with van der Waals surface area (Å²) in [4.78, 5) is 6.70. The molecule has 0 radical (unpaired) electrons. The third kappa shape index (κ3) is 8.58. The van der Waals surface area contributed by atoms with Crippen LogP contribution in [0.1, 0.15) is 25.0 Å². The first-order valence-corrected chi connectivity index (χ1v) is 11.5. The van der Waals surface area contributed by atoms with Gasteiger partial charge in [-0.25, -0.2) is 0 Å². The highest BCUT2D eigenvalue weighted by Crippen LogP contribution is 2.28. The SMILES string of the molecule is CCOc1ccc(CCNC(=NC)NCc2ccc(N3CCOCC3)cc2)cc1OCC.I. The Morgan fingerprint density at radius 2 is 1.61 bits per heavy atom. The van der Waals surface area contributed by atoms with Gasteiger partial charge >= 0.3 is 0 Å². The molecule has 0 spiro atoms. The van der Waals surface area contributed by atoms with Crippen LogP contribution in [-0.2, 0) is 17.7 Å². The van der Waals surface area contributed by atoms with Crippen molar-refractivity contribution in [2.75, 3.05) is 58.0 Å². The first-order chi connectivity index (χ1) is 15.7. The summed E-state index contributed by atoms with van der Waals surface area (Å²) in [5.74, 6) is 2.39. The molecule has 0 aromatic heterocycles. The molecular weight excluding hydrogens is 531 g/mol.